The molecule has 1 unspecified atom stereocenters. The van der Waals surface area contributed by atoms with Crippen LogP contribution < -0.4 is 0 Å². The minimum Gasteiger partial charge on any atom is -0.512 e. The van der Waals surface area contributed by atoms with Crippen molar-refractivity contribution >= 4 is 11.7 Å². The van der Waals surface area contributed by atoms with Gasteiger partial charge in [0.2, 0.25) is 0 Å². The van der Waals surface area contributed by atoms with Crippen molar-refractivity contribution in [1.82, 2.24) is 19.6 Å². The van der Waals surface area contributed by atoms with Gasteiger partial charge in [-0.05, 0) is 76.5 Å². The number of ether oxygens (including phenoxy) is 1. The van der Waals surface area contributed by atoms with Crippen molar-refractivity contribution in [2.24, 2.45) is 5.92 Å². The number of aliphatic hydroxyl groups is 1. The van der Waals surface area contributed by atoms with Crippen LogP contribution in [-0.2, 0) is 27.8 Å². The van der Waals surface area contributed by atoms with Gasteiger partial charge in [-0.25, -0.2) is 14.3 Å². The van der Waals surface area contributed by atoms with Gasteiger partial charge in [0.25, 0.3) is 5.78 Å². The average Bonchev–Trinajstić information content (AvgIpc) is 3.56. The molecule has 1 N–H and O–H groups in total. The van der Waals surface area contributed by atoms with Crippen molar-refractivity contribution in [3.63, 3.8) is 0 Å². The molecular weight excluding hydrogens is 478 g/mol. The second-order valence-electron chi connectivity index (χ2n) is 11.4. The van der Waals surface area contributed by atoms with Crippen LogP contribution >= 0.6 is 0 Å². The number of rotatable bonds is 7. The van der Waals surface area contributed by atoms with Crippen LogP contribution in [0.4, 0.5) is 0 Å². The number of nitrogens with zero attached hydrogens (tertiary/aromatic N) is 5. The van der Waals surface area contributed by atoms with Gasteiger partial charge < -0.3 is 9.84 Å². The van der Waals surface area contributed by atoms with E-state index in [0.717, 1.165) is 54.6 Å². The van der Waals surface area contributed by atoms with Crippen molar-refractivity contribution in [1.29, 1.82) is 5.26 Å². The summed E-state index contributed by atoms with van der Waals surface area (Å²) in [5.41, 5.74) is 2.80. The maximum absolute atomic E-state index is 13.4. The molecule has 0 radical (unpaired) electrons. The van der Waals surface area contributed by atoms with Crippen LogP contribution in [0.2, 0.25) is 0 Å². The Morgan fingerprint density at radius 1 is 1.18 bits per heavy atom. The summed E-state index contributed by atoms with van der Waals surface area (Å²) in [7, 11) is 0. The fourth-order valence-corrected chi connectivity index (χ4v) is 5.94. The Morgan fingerprint density at radius 2 is 1.89 bits per heavy atom. The molecule has 1 fully saturated rings. The van der Waals surface area contributed by atoms with E-state index in [0.29, 0.717) is 24.4 Å². The first-order valence-corrected chi connectivity index (χ1v) is 13.5. The minimum atomic E-state index is -0.729. The zero-order valence-corrected chi connectivity index (χ0v) is 22.6. The molecule has 1 atom stereocenters. The third kappa shape index (κ3) is 4.90. The van der Waals surface area contributed by atoms with Crippen molar-refractivity contribution in [3.8, 4) is 6.07 Å². The van der Waals surface area contributed by atoms with Crippen LogP contribution in [0.15, 0.2) is 41.7 Å². The van der Waals surface area contributed by atoms with Gasteiger partial charge in [-0.3, -0.25) is 0 Å². The molecule has 1 aliphatic heterocycles. The smallest absolute Gasteiger partial charge is 0.338 e. The molecule has 0 spiro atoms. The summed E-state index contributed by atoms with van der Waals surface area (Å²) < 4.78 is 7.92. The number of fused-ring (bicyclic) bond motifs is 1. The van der Waals surface area contributed by atoms with Gasteiger partial charge >= 0.3 is 5.97 Å². The number of esters is 1. The predicted molar refractivity (Wildman–Crippen MR) is 142 cm³/mol. The number of aryl methyl sites for hydroxylation is 3. The highest BCUT2D eigenvalue weighted by Crippen LogP contribution is 2.46. The van der Waals surface area contributed by atoms with Gasteiger partial charge in [0.1, 0.15) is 11.4 Å². The Labute approximate surface area is 223 Å². The van der Waals surface area contributed by atoms with E-state index in [2.05, 4.69) is 33.3 Å². The summed E-state index contributed by atoms with van der Waals surface area (Å²) in [6, 6.07) is 12.4. The monoisotopic (exact) mass is 513 g/mol. The second kappa shape index (κ2) is 9.86. The zero-order valence-electron chi connectivity index (χ0n) is 22.6. The molecule has 1 aromatic carbocycles. The van der Waals surface area contributed by atoms with E-state index >= 15 is 0 Å². The largest absolute Gasteiger partial charge is 0.512 e. The van der Waals surface area contributed by atoms with Crippen molar-refractivity contribution in [3.05, 3.63) is 70.0 Å². The molecule has 8 heteroatoms. The third-order valence-corrected chi connectivity index (χ3v) is 8.25. The molecule has 0 saturated heterocycles. The molecule has 38 heavy (non-hydrogen) atoms. The SMILES string of the molecule is Cc1cc(C)n2nc(CC3=C(O)CC(CCc4ccc(C(C)(C)C#N)cc4)(C4CCCC4)OC3=O)nc2n1. The molecule has 198 valence electrons. The fourth-order valence-electron chi connectivity index (χ4n) is 5.94. The topological polar surface area (TPSA) is 113 Å². The van der Waals surface area contributed by atoms with E-state index in [4.69, 9.17) is 4.74 Å². The van der Waals surface area contributed by atoms with Gasteiger partial charge in [-0.1, -0.05) is 37.1 Å². The van der Waals surface area contributed by atoms with Gasteiger partial charge in [-0.2, -0.15) is 10.2 Å². The van der Waals surface area contributed by atoms with Crippen LogP contribution in [0, 0.1) is 31.1 Å². The van der Waals surface area contributed by atoms with Gasteiger partial charge in [0, 0.05) is 24.2 Å². The van der Waals surface area contributed by atoms with E-state index in [-0.39, 0.29) is 23.7 Å². The first kappa shape index (κ1) is 25.9. The van der Waals surface area contributed by atoms with E-state index < -0.39 is 17.0 Å². The molecule has 1 saturated carbocycles. The summed E-state index contributed by atoms with van der Waals surface area (Å²) in [6.07, 6.45) is 5.96. The van der Waals surface area contributed by atoms with Crippen molar-refractivity contribution < 1.29 is 14.6 Å². The zero-order chi connectivity index (χ0) is 27.1. The molecule has 0 amide bonds. The lowest BCUT2D eigenvalue weighted by atomic mass is 9.76. The van der Waals surface area contributed by atoms with Gasteiger partial charge in [0.05, 0.1) is 17.1 Å². The van der Waals surface area contributed by atoms with E-state index in [9.17, 15) is 15.2 Å². The summed E-state index contributed by atoms with van der Waals surface area (Å²) in [6.45, 7) is 7.65. The number of nitriles is 1. The van der Waals surface area contributed by atoms with Crippen LogP contribution in [0.3, 0.4) is 0 Å². The number of cyclic esters (lactones) is 1. The number of aromatic nitrogens is 4. The summed E-state index contributed by atoms with van der Waals surface area (Å²) >= 11 is 0. The van der Waals surface area contributed by atoms with E-state index in [1.165, 1.54) is 0 Å². The van der Waals surface area contributed by atoms with E-state index in [1.54, 1.807) is 4.52 Å². The first-order chi connectivity index (χ1) is 18.1. The molecule has 8 nitrogen and oxygen atoms in total. The molecule has 3 aromatic rings. The molecule has 0 bridgehead atoms. The summed E-state index contributed by atoms with van der Waals surface area (Å²) in [5, 5.41) is 25.1. The molecule has 5 rings (SSSR count). The lowest BCUT2D eigenvalue weighted by Crippen LogP contribution is -2.46. The Bertz CT molecular complexity index is 1440. The van der Waals surface area contributed by atoms with E-state index in [1.807, 2.05) is 45.9 Å². The maximum Gasteiger partial charge on any atom is 0.338 e. The highest BCUT2D eigenvalue weighted by atomic mass is 16.6. The van der Waals surface area contributed by atoms with Gasteiger partial charge in [0.15, 0.2) is 5.82 Å². The van der Waals surface area contributed by atoms with Crippen LogP contribution in [0.25, 0.3) is 5.78 Å². The van der Waals surface area contributed by atoms with Crippen LogP contribution in [0.5, 0.6) is 0 Å². The van der Waals surface area contributed by atoms with Crippen LogP contribution in [-0.4, -0.2) is 36.3 Å². The quantitative estimate of drug-likeness (QED) is 0.421. The number of hydrogen-bond acceptors (Lipinski definition) is 7. The second-order valence-corrected chi connectivity index (χ2v) is 11.4. The number of benzene rings is 1. The lowest BCUT2D eigenvalue weighted by Gasteiger charge is -2.41. The molecule has 3 heterocycles. The minimum absolute atomic E-state index is 0.0824. The predicted octanol–water partition coefficient (Wildman–Crippen LogP) is 5.41. The Kier molecular flexibility index (Phi) is 6.72. The molecule has 2 aliphatic rings. The highest BCUT2D eigenvalue weighted by Gasteiger charge is 2.48. The Morgan fingerprint density at radius 3 is 2.55 bits per heavy atom. The molecular formula is C30H35N5O3. The first-order valence-electron chi connectivity index (χ1n) is 13.5. The normalized spacial score (nSPS) is 20.7. The molecule has 1 aliphatic carbocycles. The summed E-state index contributed by atoms with van der Waals surface area (Å²) in [5.74, 6) is 0.727. The summed E-state index contributed by atoms with van der Waals surface area (Å²) in [4.78, 5) is 22.3. The number of carbonyl (C=O) groups excluding carboxylic acids is 1. The standard InChI is InChI=1S/C30H35N5O3/c1-19-15-20(2)35-28(32-19)33-26(34-35)16-24-25(36)17-30(38-27(24)37,23-7-5-6-8-23)14-13-21-9-11-22(12-10-21)29(3,4)18-31/h9-12,15,23,36H,5-8,13-14,16-17H2,1-4H3. The number of aliphatic hydroxyl groups excluding tert-OH is 1. The third-order valence-electron chi connectivity index (χ3n) is 8.25. The Hall–Kier alpha value is -3.73. The van der Waals surface area contributed by atoms with Crippen LogP contribution in [0.1, 0.15) is 80.7 Å². The number of hydrogen-bond donors (Lipinski definition) is 1. The Balaban J connectivity index is 1.38. The lowest BCUT2D eigenvalue weighted by molar-refractivity contribution is -0.167. The fraction of sp³-hybridized carbons (Fsp3) is 0.500. The van der Waals surface area contributed by atoms with Crippen molar-refractivity contribution in [2.75, 3.05) is 0 Å². The number of carbonyl (C=O) groups is 1. The maximum atomic E-state index is 13.4. The average molecular weight is 514 g/mol. The van der Waals surface area contributed by atoms with Crippen molar-refractivity contribution in [2.45, 2.75) is 90.1 Å². The highest BCUT2D eigenvalue weighted by molar-refractivity contribution is 5.90. The molecule has 2 aromatic heterocycles. The van der Waals surface area contributed by atoms with Gasteiger partial charge in [-0.15, -0.1) is 5.10 Å².